The van der Waals surface area contributed by atoms with Crippen LogP contribution in [0.25, 0.3) is 0 Å². The van der Waals surface area contributed by atoms with Gasteiger partial charge in [-0.05, 0) is 44.2 Å². The topological polar surface area (TPSA) is 66.0 Å². The fraction of sp³-hybridized carbons (Fsp3) is 0.611. The van der Waals surface area contributed by atoms with E-state index in [4.69, 9.17) is 18.9 Å². The van der Waals surface area contributed by atoms with Crippen molar-refractivity contribution in [3.63, 3.8) is 0 Å². The molecule has 0 spiro atoms. The summed E-state index contributed by atoms with van der Waals surface area (Å²) in [7, 11) is 1.58. The lowest BCUT2D eigenvalue weighted by Gasteiger charge is -2.22. The Bertz CT molecular complexity index is 514. The molecule has 1 fully saturated rings. The lowest BCUT2D eigenvalue weighted by molar-refractivity contribution is -0.162. The number of hydrogen-bond acceptors (Lipinski definition) is 5. The molecule has 1 heterocycles. The van der Waals surface area contributed by atoms with Gasteiger partial charge in [0.15, 0.2) is 17.8 Å². The Morgan fingerprint density at radius 3 is 2.79 bits per heavy atom. The molecule has 0 radical (unpaired) electrons. The first-order valence-electron chi connectivity index (χ1n) is 8.50. The van der Waals surface area contributed by atoms with Crippen molar-refractivity contribution in [2.45, 2.75) is 45.3 Å². The van der Waals surface area contributed by atoms with E-state index in [9.17, 15) is 4.79 Å². The van der Waals surface area contributed by atoms with Crippen molar-refractivity contribution in [2.75, 3.05) is 32.2 Å². The van der Waals surface area contributed by atoms with Crippen LogP contribution < -0.4 is 14.8 Å². The van der Waals surface area contributed by atoms with Gasteiger partial charge < -0.3 is 24.3 Å². The normalized spacial score (nSPS) is 17.3. The number of unbranched alkanes of at least 4 members (excludes halogenated alkanes) is 1. The number of benzene rings is 1. The number of carbonyl (C=O) groups excluding carboxylic acids is 1. The second-order valence-electron chi connectivity index (χ2n) is 5.77. The van der Waals surface area contributed by atoms with Gasteiger partial charge >= 0.3 is 0 Å². The maximum absolute atomic E-state index is 11.1. The van der Waals surface area contributed by atoms with E-state index in [1.54, 1.807) is 25.3 Å². The molecule has 24 heavy (non-hydrogen) atoms. The zero-order valence-electron chi connectivity index (χ0n) is 14.5. The standard InChI is InChI=1S/C18H27NO5/c1-14(20)19-15-8-9-16(17(13-15)21-2)22-10-5-6-12-24-18-7-3-4-11-23-18/h8-9,13,18H,3-7,10-12H2,1-2H3,(H,19,20). The highest BCUT2D eigenvalue weighted by Gasteiger charge is 2.13. The van der Waals surface area contributed by atoms with Gasteiger partial charge in [-0.15, -0.1) is 0 Å². The molecule has 1 unspecified atom stereocenters. The molecule has 1 saturated heterocycles. The van der Waals surface area contributed by atoms with Gasteiger partial charge in [-0.3, -0.25) is 4.79 Å². The molecule has 1 aromatic rings. The van der Waals surface area contributed by atoms with Gasteiger partial charge in [0.2, 0.25) is 5.91 Å². The molecule has 0 saturated carbocycles. The monoisotopic (exact) mass is 337 g/mol. The van der Waals surface area contributed by atoms with Crippen LogP contribution in [0.4, 0.5) is 5.69 Å². The Morgan fingerprint density at radius 1 is 1.25 bits per heavy atom. The second kappa shape index (κ2) is 10.2. The smallest absolute Gasteiger partial charge is 0.221 e. The van der Waals surface area contributed by atoms with Crippen molar-refractivity contribution in [1.82, 2.24) is 0 Å². The predicted octanol–water partition coefficient (Wildman–Crippen LogP) is 3.36. The van der Waals surface area contributed by atoms with E-state index in [2.05, 4.69) is 5.32 Å². The van der Waals surface area contributed by atoms with Gasteiger partial charge in [-0.2, -0.15) is 0 Å². The summed E-state index contributed by atoms with van der Waals surface area (Å²) in [5.41, 5.74) is 0.688. The summed E-state index contributed by atoms with van der Waals surface area (Å²) >= 11 is 0. The highest BCUT2D eigenvalue weighted by molar-refractivity contribution is 5.89. The van der Waals surface area contributed by atoms with E-state index in [0.717, 1.165) is 32.3 Å². The van der Waals surface area contributed by atoms with Crippen molar-refractivity contribution in [3.8, 4) is 11.5 Å². The molecule has 1 amide bonds. The van der Waals surface area contributed by atoms with Gasteiger partial charge in [-0.25, -0.2) is 0 Å². The van der Waals surface area contributed by atoms with Crippen LogP contribution in [0.1, 0.15) is 39.0 Å². The average molecular weight is 337 g/mol. The molecular weight excluding hydrogens is 310 g/mol. The van der Waals surface area contributed by atoms with Crippen molar-refractivity contribution in [1.29, 1.82) is 0 Å². The van der Waals surface area contributed by atoms with Crippen LogP contribution in [0.2, 0.25) is 0 Å². The van der Waals surface area contributed by atoms with Gasteiger partial charge in [0.1, 0.15) is 0 Å². The third-order valence-corrected chi connectivity index (χ3v) is 3.72. The minimum atomic E-state index is -0.118. The molecule has 2 rings (SSSR count). The Balaban J connectivity index is 1.66. The number of rotatable bonds is 9. The number of nitrogens with one attached hydrogen (secondary N) is 1. The molecule has 1 aliphatic heterocycles. The Hall–Kier alpha value is -1.79. The minimum Gasteiger partial charge on any atom is -0.493 e. The van der Waals surface area contributed by atoms with E-state index in [1.807, 2.05) is 0 Å². The summed E-state index contributed by atoms with van der Waals surface area (Å²) in [5, 5.41) is 2.72. The quantitative estimate of drug-likeness (QED) is 0.700. The molecule has 1 aliphatic rings. The van der Waals surface area contributed by atoms with Crippen LogP contribution in [0.5, 0.6) is 11.5 Å². The summed E-state index contributed by atoms with van der Waals surface area (Å²) in [4.78, 5) is 11.1. The molecule has 0 aromatic heterocycles. The van der Waals surface area contributed by atoms with E-state index >= 15 is 0 Å². The van der Waals surface area contributed by atoms with Gasteiger partial charge in [0, 0.05) is 31.9 Å². The number of carbonyl (C=O) groups is 1. The fourth-order valence-corrected chi connectivity index (χ4v) is 2.51. The zero-order valence-corrected chi connectivity index (χ0v) is 14.5. The van der Waals surface area contributed by atoms with Gasteiger partial charge in [0.25, 0.3) is 0 Å². The van der Waals surface area contributed by atoms with Crippen molar-refractivity contribution in [2.24, 2.45) is 0 Å². The first kappa shape index (κ1) is 18.5. The summed E-state index contributed by atoms with van der Waals surface area (Å²) in [6.45, 7) is 3.55. The van der Waals surface area contributed by atoms with Crippen LogP contribution in [0.15, 0.2) is 18.2 Å². The number of hydrogen-bond donors (Lipinski definition) is 1. The summed E-state index contributed by atoms with van der Waals surface area (Å²) in [6, 6.07) is 5.35. The minimum absolute atomic E-state index is 0.0268. The van der Waals surface area contributed by atoms with Crippen LogP contribution in [0, 0.1) is 0 Å². The Morgan fingerprint density at radius 2 is 2.08 bits per heavy atom. The molecule has 1 aromatic carbocycles. The Labute approximate surface area is 143 Å². The maximum atomic E-state index is 11.1. The average Bonchev–Trinajstić information content (AvgIpc) is 2.59. The number of methoxy groups -OCH3 is 1. The summed E-state index contributed by atoms with van der Waals surface area (Å²) in [5.74, 6) is 1.16. The summed E-state index contributed by atoms with van der Waals surface area (Å²) < 4.78 is 22.3. The Kier molecular flexibility index (Phi) is 7.85. The van der Waals surface area contributed by atoms with Crippen molar-refractivity contribution >= 4 is 11.6 Å². The van der Waals surface area contributed by atoms with Crippen molar-refractivity contribution in [3.05, 3.63) is 18.2 Å². The largest absolute Gasteiger partial charge is 0.493 e. The maximum Gasteiger partial charge on any atom is 0.221 e. The molecule has 6 heteroatoms. The number of anilines is 1. The van der Waals surface area contributed by atoms with E-state index in [-0.39, 0.29) is 12.2 Å². The number of ether oxygens (including phenoxy) is 4. The highest BCUT2D eigenvalue weighted by Crippen LogP contribution is 2.30. The van der Waals surface area contributed by atoms with Crippen molar-refractivity contribution < 1.29 is 23.7 Å². The van der Waals surface area contributed by atoms with Crippen LogP contribution in [-0.2, 0) is 14.3 Å². The molecular formula is C18H27NO5. The third-order valence-electron chi connectivity index (χ3n) is 3.72. The summed E-state index contributed by atoms with van der Waals surface area (Å²) in [6.07, 6.45) is 5.10. The van der Waals surface area contributed by atoms with E-state index in [0.29, 0.717) is 30.4 Å². The number of amides is 1. The molecule has 0 aliphatic carbocycles. The van der Waals surface area contributed by atoms with Gasteiger partial charge in [-0.1, -0.05) is 0 Å². The predicted molar refractivity (Wildman–Crippen MR) is 91.6 cm³/mol. The van der Waals surface area contributed by atoms with Crippen LogP contribution in [0.3, 0.4) is 0 Å². The molecule has 134 valence electrons. The fourth-order valence-electron chi connectivity index (χ4n) is 2.51. The highest BCUT2D eigenvalue weighted by atomic mass is 16.7. The lowest BCUT2D eigenvalue weighted by atomic mass is 10.2. The van der Waals surface area contributed by atoms with Gasteiger partial charge in [0.05, 0.1) is 13.7 Å². The van der Waals surface area contributed by atoms with E-state index < -0.39 is 0 Å². The third kappa shape index (κ3) is 6.37. The van der Waals surface area contributed by atoms with Crippen LogP contribution in [-0.4, -0.2) is 39.1 Å². The molecule has 1 N–H and O–H groups in total. The first-order valence-corrected chi connectivity index (χ1v) is 8.50. The lowest BCUT2D eigenvalue weighted by Crippen LogP contribution is -2.22. The second-order valence-corrected chi connectivity index (χ2v) is 5.77. The SMILES string of the molecule is COc1cc(NC(C)=O)ccc1OCCCCOC1CCCCO1. The molecule has 1 atom stereocenters. The molecule has 6 nitrogen and oxygen atoms in total. The van der Waals surface area contributed by atoms with E-state index in [1.165, 1.54) is 13.3 Å². The molecule has 0 bridgehead atoms. The van der Waals surface area contributed by atoms with Crippen LogP contribution >= 0.6 is 0 Å². The first-order chi connectivity index (χ1) is 11.7. The zero-order chi connectivity index (χ0) is 17.2.